The molecule has 3 nitrogen and oxygen atoms in total. The molecule has 0 aliphatic carbocycles. The first kappa shape index (κ1) is 12.6. The van der Waals surface area contributed by atoms with Crippen molar-refractivity contribution in [3.05, 3.63) is 59.3 Å². The first-order valence-electron chi connectivity index (χ1n) is 5.60. The fourth-order valence-corrected chi connectivity index (χ4v) is 2.48. The molecule has 1 aromatic heterocycles. The molecule has 1 amide bonds. The topological polar surface area (TPSA) is 56.0 Å². The van der Waals surface area contributed by atoms with Crippen molar-refractivity contribution < 1.29 is 4.79 Å². The number of aromatic nitrogens is 1. The second-order valence-corrected chi connectivity index (χ2v) is 4.96. The van der Waals surface area contributed by atoms with E-state index in [4.69, 9.17) is 5.73 Å². The van der Waals surface area contributed by atoms with Gasteiger partial charge in [0.25, 0.3) is 5.91 Å². The number of aryl methyl sites for hydroxylation is 1. The van der Waals surface area contributed by atoms with E-state index in [1.807, 2.05) is 0 Å². The van der Waals surface area contributed by atoms with Gasteiger partial charge in [0.15, 0.2) is 0 Å². The Morgan fingerprint density at radius 3 is 2.67 bits per heavy atom. The van der Waals surface area contributed by atoms with Crippen LogP contribution in [0.3, 0.4) is 0 Å². The Balaban J connectivity index is 2.10. The minimum absolute atomic E-state index is 0.436. The predicted octanol–water partition coefficient (Wildman–Crippen LogP) is 2.78. The highest BCUT2D eigenvalue weighted by Crippen LogP contribution is 2.23. The molecule has 92 valence electrons. The summed E-state index contributed by atoms with van der Waals surface area (Å²) in [4.78, 5) is 15.4. The third kappa shape index (κ3) is 3.11. The molecule has 0 saturated carbocycles. The summed E-state index contributed by atoms with van der Waals surface area (Å²) < 4.78 is 0. The predicted molar refractivity (Wildman–Crippen MR) is 73.5 cm³/mol. The maximum absolute atomic E-state index is 11.2. The second kappa shape index (κ2) is 5.69. The van der Waals surface area contributed by atoms with Gasteiger partial charge in [-0.1, -0.05) is 29.8 Å². The number of carbonyl (C=O) groups excluding carboxylic acids is 1. The maximum atomic E-state index is 11.2. The number of thioether (sulfide) groups is 1. The van der Waals surface area contributed by atoms with Gasteiger partial charge >= 0.3 is 0 Å². The minimum atomic E-state index is -0.436. The van der Waals surface area contributed by atoms with Crippen LogP contribution < -0.4 is 5.73 Å². The van der Waals surface area contributed by atoms with Crippen LogP contribution in [0, 0.1) is 6.92 Å². The number of hydrogen-bond donors (Lipinski definition) is 1. The third-order valence-electron chi connectivity index (χ3n) is 2.53. The fraction of sp³-hybridized carbons (Fsp3) is 0.143. The van der Waals surface area contributed by atoms with Crippen molar-refractivity contribution in [3.63, 3.8) is 0 Å². The van der Waals surface area contributed by atoms with Gasteiger partial charge in [0.2, 0.25) is 0 Å². The van der Waals surface area contributed by atoms with Crippen LogP contribution >= 0.6 is 11.8 Å². The van der Waals surface area contributed by atoms with Crippen LogP contribution in [0.5, 0.6) is 0 Å². The van der Waals surface area contributed by atoms with E-state index in [2.05, 4.69) is 36.2 Å². The zero-order chi connectivity index (χ0) is 13.0. The molecular formula is C14H14N2OS. The molecule has 18 heavy (non-hydrogen) atoms. The van der Waals surface area contributed by atoms with Crippen molar-refractivity contribution in [2.45, 2.75) is 17.7 Å². The smallest absolute Gasteiger partial charge is 0.251 e. The number of nitrogens with zero attached hydrogens (tertiary/aromatic N) is 1. The molecule has 0 spiro atoms. The van der Waals surface area contributed by atoms with Crippen LogP contribution in [0.15, 0.2) is 47.6 Å². The van der Waals surface area contributed by atoms with Gasteiger partial charge in [-0.3, -0.25) is 4.79 Å². The highest BCUT2D eigenvalue weighted by Gasteiger charge is 2.09. The number of rotatable bonds is 4. The van der Waals surface area contributed by atoms with Crippen molar-refractivity contribution in [3.8, 4) is 0 Å². The van der Waals surface area contributed by atoms with Crippen molar-refractivity contribution in [1.29, 1.82) is 0 Å². The zero-order valence-electron chi connectivity index (χ0n) is 10.1. The first-order chi connectivity index (χ1) is 8.66. The van der Waals surface area contributed by atoms with Gasteiger partial charge in [0.05, 0.1) is 5.56 Å². The fourth-order valence-electron chi connectivity index (χ4n) is 1.53. The summed E-state index contributed by atoms with van der Waals surface area (Å²) in [6.07, 6.45) is 1.67. The van der Waals surface area contributed by atoms with Gasteiger partial charge in [-0.15, -0.1) is 11.8 Å². The largest absolute Gasteiger partial charge is 0.366 e. The van der Waals surface area contributed by atoms with Crippen LogP contribution in [-0.2, 0) is 5.75 Å². The SMILES string of the molecule is Cc1ccc(CSc2ncccc2C(N)=O)cc1. The molecule has 1 aromatic carbocycles. The van der Waals surface area contributed by atoms with E-state index in [0.717, 1.165) is 5.75 Å². The lowest BCUT2D eigenvalue weighted by Crippen LogP contribution is -2.12. The number of pyridine rings is 1. The Labute approximate surface area is 110 Å². The molecule has 2 aromatic rings. The van der Waals surface area contributed by atoms with Crippen LogP contribution in [0.1, 0.15) is 21.5 Å². The minimum Gasteiger partial charge on any atom is -0.366 e. The van der Waals surface area contributed by atoms with E-state index in [-0.39, 0.29) is 0 Å². The average molecular weight is 258 g/mol. The number of benzene rings is 1. The van der Waals surface area contributed by atoms with Crippen molar-refractivity contribution in [2.75, 3.05) is 0 Å². The average Bonchev–Trinajstić information content (AvgIpc) is 2.38. The summed E-state index contributed by atoms with van der Waals surface area (Å²) in [6, 6.07) is 11.7. The van der Waals surface area contributed by atoms with Gasteiger partial charge < -0.3 is 5.73 Å². The van der Waals surface area contributed by atoms with E-state index >= 15 is 0 Å². The van der Waals surface area contributed by atoms with E-state index in [0.29, 0.717) is 10.6 Å². The monoisotopic (exact) mass is 258 g/mol. The first-order valence-corrected chi connectivity index (χ1v) is 6.58. The molecule has 0 bridgehead atoms. The molecule has 2 rings (SSSR count). The summed E-state index contributed by atoms with van der Waals surface area (Å²) >= 11 is 1.52. The highest BCUT2D eigenvalue weighted by molar-refractivity contribution is 7.98. The molecule has 1 heterocycles. The Hall–Kier alpha value is -1.81. The quantitative estimate of drug-likeness (QED) is 0.858. The Morgan fingerprint density at radius 2 is 2.00 bits per heavy atom. The van der Waals surface area contributed by atoms with E-state index in [1.165, 1.54) is 22.9 Å². The number of amides is 1. The van der Waals surface area contributed by atoms with Crippen molar-refractivity contribution in [1.82, 2.24) is 4.98 Å². The molecule has 0 fully saturated rings. The van der Waals surface area contributed by atoms with Crippen LogP contribution in [-0.4, -0.2) is 10.9 Å². The van der Waals surface area contributed by atoms with Crippen LogP contribution in [0.25, 0.3) is 0 Å². The number of nitrogens with two attached hydrogens (primary N) is 1. The second-order valence-electron chi connectivity index (χ2n) is 3.99. The summed E-state index contributed by atoms with van der Waals surface area (Å²) in [5.41, 5.74) is 8.23. The highest BCUT2D eigenvalue weighted by atomic mass is 32.2. The number of primary amides is 1. The van der Waals surface area contributed by atoms with Gasteiger partial charge in [0.1, 0.15) is 5.03 Å². The Morgan fingerprint density at radius 1 is 1.28 bits per heavy atom. The summed E-state index contributed by atoms with van der Waals surface area (Å²) in [5, 5.41) is 0.686. The number of hydrogen-bond acceptors (Lipinski definition) is 3. The molecule has 0 aliphatic rings. The van der Waals surface area contributed by atoms with E-state index < -0.39 is 5.91 Å². The van der Waals surface area contributed by atoms with Gasteiger partial charge in [-0.05, 0) is 24.6 Å². The van der Waals surface area contributed by atoms with Crippen molar-refractivity contribution >= 4 is 17.7 Å². The maximum Gasteiger partial charge on any atom is 0.251 e. The van der Waals surface area contributed by atoms with Crippen LogP contribution in [0.4, 0.5) is 0 Å². The molecule has 0 aliphatic heterocycles. The van der Waals surface area contributed by atoms with E-state index in [1.54, 1.807) is 18.3 Å². The summed E-state index contributed by atoms with van der Waals surface area (Å²) in [5.74, 6) is 0.340. The van der Waals surface area contributed by atoms with Crippen LogP contribution in [0.2, 0.25) is 0 Å². The summed E-state index contributed by atoms with van der Waals surface area (Å²) in [6.45, 7) is 2.06. The van der Waals surface area contributed by atoms with E-state index in [9.17, 15) is 4.79 Å². The Kier molecular flexibility index (Phi) is 3.99. The standard InChI is InChI=1S/C14H14N2OS/c1-10-4-6-11(7-5-10)9-18-14-12(13(15)17)3-2-8-16-14/h2-8H,9H2,1H3,(H2,15,17). The van der Waals surface area contributed by atoms with Gasteiger partial charge in [-0.25, -0.2) is 4.98 Å². The molecular weight excluding hydrogens is 244 g/mol. The molecule has 0 radical (unpaired) electrons. The lowest BCUT2D eigenvalue weighted by molar-refractivity contribution is 0.0997. The third-order valence-corrected chi connectivity index (χ3v) is 3.61. The zero-order valence-corrected chi connectivity index (χ0v) is 10.9. The normalized spacial score (nSPS) is 10.3. The van der Waals surface area contributed by atoms with Crippen molar-refractivity contribution in [2.24, 2.45) is 5.73 Å². The Bertz CT molecular complexity index is 552. The molecule has 2 N–H and O–H groups in total. The molecule has 0 saturated heterocycles. The van der Waals surface area contributed by atoms with Gasteiger partial charge in [0, 0.05) is 11.9 Å². The number of carbonyl (C=O) groups is 1. The lowest BCUT2D eigenvalue weighted by Gasteiger charge is -2.05. The lowest BCUT2D eigenvalue weighted by atomic mass is 10.2. The molecule has 4 heteroatoms. The molecule has 0 atom stereocenters. The molecule has 0 unspecified atom stereocenters. The summed E-state index contributed by atoms with van der Waals surface area (Å²) in [7, 11) is 0. The van der Waals surface area contributed by atoms with Gasteiger partial charge in [-0.2, -0.15) is 0 Å².